The van der Waals surface area contributed by atoms with Gasteiger partial charge in [0.15, 0.2) is 11.5 Å². The van der Waals surface area contributed by atoms with Crippen LogP contribution < -0.4 is 14.8 Å². The molecule has 0 unspecified atom stereocenters. The molecule has 1 amide bonds. The summed E-state index contributed by atoms with van der Waals surface area (Å²) in [5, 5.41) is 2.83. The normalized spacial score (nSPS) is 14.7. The number of rotatable bonds is 4. The standard InChI is InChI=1S/C20H20F3NO3/c1-12(2)18(13-6-7-16-17(11-13)27-9-8-26-16)24-19(25)14-4-3-5-15(10-14)20(21,22)23/h3-7,10-12,18H,8-9H2,1-2H3,(H,24,25)/t18-/m0/s1. The molecule has 27 heavy (non-hydrogen) atoms. The average Bonchev–Trinajstić information content (AvgIpc) is 2.64. The SMILES string of the molecule is CC(C)[C@H](NC(=O)c1cccc(C(F)(F)F)c1)c1ccc2c(c1)OCCO2. The Labute approximate surface area is 155 Å². The van der Waals surface area contributed by atoms with Gasteiger partial charge in [-0.3, -0.25) is 4.79 Å². The number of carbonyl (C=O) groups is 1. The number of carbonyl (C=O) groups excluding carboxylic acids is 1. The van der Waals surface area contributed by atoms with E-state index < -0.39 is 17.6 Å². The first kappa shape index (κ1) is 19.1. The third-order valence-corrected chi connectivity index (χ3v) is 4.33. The molecule has 0 saturated carbocycles. The fourth-order valence-electron chi connectivity index (χ4n) is 2.95. The molecule has 144 valence electrons. The van der Waals surface area contributed by atoms with Crippen LogP contribution in [-0.4, -0.2) is 19.1 Å². The molecule has 0 bridgehead atoms. The molecular formula is C20H20F3NO3. The highest BCUT2D eigenvalue weighted by molar-refractivity contribution is 5.94. The summed E-state index contributed by atoms with van der Waals surface area (Å²) < 4.78 is 49.7. The van der Waals surface area contributed by atoms with Gasteiger partial charge in [-0.1, -0.05) is 26.0 Å². The van der Waals surface area contributed by atoms with E-state index in [0.717, 1.165) is 17.7 Å². The Morgan fingerprint density at radius 3 is 2.41 bits per heavy atom. The molecule has 2 aromatic carbocycles. The molecular weight excluding hydrogens is 359 g/mol. The Morgan fingerprint density at radius 2 is 1.74 bits per heavy atom. The third kappa shape index (κ3) is 4.35. The second-order valence-corrected chi connectivity index (χ2v) is 6.68. The zero-order valence-corrected chi connectivity index (χ0v) is 15.0. The minimum atomic E-state index is -4.50. The van der Waals surface area contributed by atoms with Crippen molar-refractivity contribution in [2.24, 2.45) is 5.92 Å². The summed E-state index contributed by atoms with van der Waals surface area (Å²) in [6.07, 6.45) is -4.50. The predicted molar refractivity (Wildman–Crippen MR) is 93.9 cm³/mol. The first-order valence-electron chi connectivity index (χ1n) is 8.63. The van der Waals surface area contributed by atoms with Crippen LogP contribution >= 0.6 is 0 Å². The van der Waals surface area contributed by atoms with Gasteiger partial charge in [-0.05, 0) is 41.8 Å². The fraction of sp³-hybridized carbons (Fsp3) is 0.350. The van der Waals surface area contributed by atoms with Crippen molar-refractivity contribution in [2.75, 3.05) is 13.2 Å². The number of hydrogen-bond donors (Lipinski definition) is 1. The van der Waals surface area contributed by atoms with Crippen LogP contribution in [0.2, 0.25) is 0 Å². The number of amides is 1. The van der Waals surface area contributed by atoms with Crippen molar-refractivity contribution >= 4 is 5.91 Å². The Balaban J connectivity index is 1.84. The summed E-state index contributed by atoms with van der Waals surface area (Å²) in [5.74, 6) is 0.687. The van der Waals surface area contributed by atoms with Crippen LogP contribution in [0.25, 0.3) is 0 Å². The summed E-state index contributed by atoms with van der Waals surface area (Å²) in [7, 11) is 0. The third-order valence-electron chi connectivity index (χ3n) is 4.33. The second kappa shape index (κ2) is 7.50. The molecule has 7 heteroatoms. The van der Waals surface area contributed by atoms with Crippen LogP contribution in [0.1, 0.15) is 41.4 Å². The number of benzene rings is 2. The van der Waals surface area contributed by atoms with Crippen molar-refractivity contribution in [3.05, 3.63) is 59.2 Å². The van der Waals surface area contributed by atoms with Crippen molar-refractivity contribution in [1.29, 1.82) is 0 Å². The van der Waals surface area contributed by atoms with Crippen LogP contribution in [0, 0.1) is 5.92 Å². The molecule has 0 spiro atoms. The van der Waals surface area contributed by atoms with E-state index in [1.165, 1.54) is 12.1 Å². The van der Waals surface area contributed by atoms with Gasteiger partial charge in [0.25, 0.3) is 5.91 Å². The van der Waals surface area contributed by atoms with E-state index in [2.05, 4.69) is 5.32 Å². The van der Waals surface area contributed by atoms with Gasteiger partial charge >= 0.3 is 6.18 Å². The second-order valence-electron chi connectivity index (χ2n) is 6.68. The Bertz CT molecular complexity index is 833. The number of alkyl halides is 3. The van der Waals surface area contributed by atoms with Gasteiger partial charge in [-0.25, -0.2) is 0 Å². The lowest BCUT2D eigenvalue weighted by atomic mass is 9.95. The largest absolute Gasteiger partial charge is 0.486 e. The first-order valence-corrected chi connectivity index (χ1v) is 8.63. The first-order chi connectivity index (χ1) is 12.8. The molecule has 1 aliphatic heterocycles. The number of hydrogen-bond acceptors (Lipinski definition) is 3. The van der Waals surface area contributed by atoms with Gasteiger partial charge in [0.1, 0.15) is 13.2 Å². The maximum Gasteiger partial charge on any atom is 0.416 e. The summed E-state index contributed by atoms with van der Waals surface area (Å²) >= 11 is 0. The predicted octanol–water partition coefficient (Wildman–Crippen LogP) is 4.60. The quantitative estimate of drug-likeness (QED) is 0.844. The van der Waals surface area contributed by atoms with E-state index in [1.807, 2.05) is 19.9 Å². The van der Waals surface area contributed by atoms with E-state index in [4.69, 9.17) is 9.47 Å². The topological polar surface area (TPSA) is 47.6 Å². The minimum Gasteiger partial charge on any atom is -0.486 e. The van der Waals surface area contributed by atoms with Crippen LogP contribution in [0.3, 0.4) is 0 Å². The van der Waals surface area contributed by atoms with Crippen molar-refractivity contribution in [1.82, 2.24) is 5.32 Å². The minimum absolute atomic E-state index is 0.0160. The number of ether oxygens (including phenoxy) is 2. The number of fused-ring (bicyclic) bond motifs is 1. The molecule has 1 atom stereocenters. The molecule has 1 N–H and O–H groups in total. The number of nitrogens with one attached hydrogen (secondary N) is 1. The Kier molecular flexibility index (Phi) is 5.30. The van der Waals surface area contributed by atoms with Crippen LogP contribution in [0.4, 0.5) is 13.2 Å². The summed E-state index contributed by atoms with van der Waals surface area (Å²) in [5.41, 5.74) is -0.0850. The molecule has 1 aliphatic rings. The Morgan fingerprint density at radius 1 is 1.04 bits per heavy atom. The molecule has 1 heterocycles. The number of halogens is 3. The molecule has 3 rings (SSSR count). The van der Waals surface area contributed by atoms with Gasteiger partial charge < -0.3 is 14.8 Å². The highest BCUT2D eigenvalue weighted by Crippen LogP contribution is 2.35. The van der Waals surface area contributed by atoms with E-state index in [1.54, 1.807) is 12.1 Å². The maximum atomic E-state index is 12.9. The fourth-order valence-corrected chi connectivity index (χ4v) is 2.95. The molecule has 0 saturated heterocycles. The Hall–Kier alpha value is -2.70. The molecule has 0 radical (unpaired) electrons. The van der Waals surface area contributed by atoms with E-state index >= 15 is 0 Å². The van der Waals surface area contributed by atoms with Gasteiger partial charge in [0.2, 0.25) is 0 Å². The van der Waals surface area contributed by atoms with Gasteiger partial charge in [-0.2, -0.15) is 13.2 Å². The maximum absolute atomic E-state index is 12.9. The average molecular weight is 379 g/mol. The van der Waals surface area contributed by atoms with Crippen LogP contribution in [0.15, 0.2) is 42.5 Å². The van der Waals surface area contributed by atoms with Crippen LogP contribution in [0.5, 0.6) is 11.5 Å². The molecule has 0 aromatic heterocycles. The van der Waals surface area contributed by atoms with Crippen molar-refractivity contribution in [3.8, 4) is 11.5 Å². The van der Waals surface area contributed by atoms with Crippen molar-refractivity contribution in [2.45, 2.75) is 26.1 Å². The molecule has 0 fully saturated rings. The smallest absolute Gasteiger partial charge is 0.416 e. The summed E-state index contributed by atoms with van der Waals surface area (Å²) in [6, 6.07) is 9.40. The van der Waals surface area contributed by atoms with E-state index in [9.17, 15) is 18.0 Å². The van der Waals surface area contributed by atoms with E-state index in [-0.39, 0.29) is 17.5 Å². The van der Waals surface area contributed by atoms with Crippen molar-refractivity contribution < 1.29 is 27.4 Å². The highest BCUT2D eigenvalue weighted by atomic mass is 19.4. The monoisotopic (exact) mass is 379 g/mol. The van der Waals surface area contributed by atoms with Gasteiger partial charge in [-0.15, -0.1) is 0 Å². The van der Waals surface area contributed by atoms with Gasteiger partial charge in [0, 0.05) is 5.56 Å². The van der Waals surface area contributed by atoms with Crippen molar-refractivity contribution in [3.63, 3.8) is 0 Å². The van der Waals surface area contributed by atoms with E-state index in [0.29, 0.717) is 24.7 Å². The van der Waals surface area contributed by atoms with Gasteiger partial charge in [0.05, 0.1) is 11.6 Å². The highest BCUT2D eigenvalue weighted by Gasteiger charge is 2.31. The lowest BCUT2D eigenvalue weighted by Crippen LogP contribution is -2.32. The molecule has 0 aliphatic carbocycles. The lowest BCUT2D eigenvalue weighted by molar-refractivity contribution is -0.137. The summed E-state index contributed by atoms with van der Waals surface area (Å²) in [4.78, 5) is 12.6. The molecule has 4 nitrogen and oxygen atoms in total. The molecule has 2 aromatic rings. The van der Waals surface area contributed by atoms with Crippen LogP contribution in [-0.2, 0) is 6.18 Å². The lowest BCUT2D eigenvalue weighted by Gasteiger charge is -2.25. The summed E-state index contributed by atoms with van der Waals surface area (Å²) in [6.45, 7) is 4.77. The zero-order chi connectivity index (χ0) is 19.6. The zero-order valence-electron chi connectivity index (χ0n) is 15.0.